The molecule has 0 bridgehead atoms. The van der Waals surface area contributed by atoms with E-state index in [-0.39, 0.29) is 11.5 Å². The van der Waals surface area contributed by atoms with E-state index in [1.807, 2.05) is 0 Å². The highest BCUT2D eigenvalue weighted by atomic mass is 35.5. The average Bonchev–Trinajstić information content (AvgIpc) is 2.67. The van der Waals surface area contributed by atoms with Gasteiger partial charge in [0.05, 0.1) is 16.1 Å². The first-order valence-corrected chi connectivity index (χ1v) is 8.55. The predicted octanol–water partition coefficient (Wildman–Crippen LogP) is 5.63. The summed E-state index contributed by atoms with van der Waals surface area (Å²) in [4.78, 5) is 24.4. The molecule has 0 spiro atoms. The Balaban J connectivity index is 1.74. The van der Waals surface area contributed by atoms with Crippen molar-refractivity contribution < 1.29 is 14.0 Å². The van der Waals surface area contributed by atoms with Crippen molar-refractivity contribution in [3.63, 3.8) is 0 Å². The number of carbonyl (C=O) groups excluding carboxylic acids is 2. The first-order valence-electron chi connectivity index (χ1n) is 8.17. The summed E-state index contributed by atoms with van der Waals surface area (Å²) in [5, 5.41) is 3.13. The molecule has 1 N–H and O–H groups in total. The molecule has 0 saturated heterocycles. The highest BCUT2D eigenvalue weighted by Crippen LogP contribution is 2.18. The van der Waals surface area contributed by atoms with Gasteiger partial charge in [-0.05, 0) is 48.0 Å². The molecular formula is C22H15ClFNO2. The molecule has 1 amide bonds. The van der Waals surface area contributed by atoms with Crippen LogP contribution in [0.5, 0.6) is 0 Å². The summed E-state index contributed by atoms with van der Waals surface area (Å²) in [6, 6.07) is 19.5. The van der Waals surface area contributed by atoms with Gasteiger partial charge < -0.3 is 5.32 Å². The van der Waals surface area contributed by atoms with Crippen molar-refractivity contribution in [2.45, 2.75) is 0 Å². The van der Waals surface area contributed by atoms with E-state index < -0.39 is 11.6 Å². The van der Waals surface area contributed by atoms with Crippen molar-refractivity contribution in [1.82, 2.24) is 0 Å². The Morgan fingerprint density at radius 3 is 2.33 bits per heavy atom. The van der Waals surface area contributed by atoms with Gasteiger partial charge in [-0.2, -0.15) is 0 Å². The van der Waals surface area contributed by atoms with Crippen LogP contribution in [0.2, 0.25) is 5.02 Å². The van der Waals surface area contributed by atoms with Crippen LogP contribution in [0.4, 0.5) is 10.1 Å². The molecule has 27 heavy (non-hydrogen) atoms. The maximum absolute atomic E-state index is 13.7. The van der Waals surface area contributed by atoms with Gasteiger partial charge in [0.2, 0.25) is 0 Å². The number of carbonyl (C=O) groups is 2. The number of hydrogen-bond donors (Lipinski definition) is 1. The van der Waals surface area contributed by atoms with Crippen LogP contribution in [0.15, 0.2) is 78.9 Å². The molecule has 0 fully saturated rings. The molecule has 0 atom stereocenters. The fourth-order valence-corrected chi connectivity index (χ4v) is 2.71. The Hall–Kier alpha value is -3.24. The van der Waals surface area contributed by atoms with Gasteiger partial charge in [0.15, 0.2) is 5.78 Å². The first-order chi connectivity index (χ1) is 13.0. The molecule has 0 aliphatic carbocycles. The van der Waals surface area contributed by atoms with E-state index in [1.165, 1.54) is 24.3 Å². The predicted molar refractivity (Wildman–Crippen MR) is 106 cm³/mol. The van der Waals surface area contributed by atoms with E-state index in [2.05, 4.69) is 5.32 Å². The standard InChI is InChI=1S/C22H15ClFNO2/c23-19-10-3-1-8-17(19)22(27)25-16-7-5-6-15(14-16)12-13-21(26)18-9-2-4-11-20(18)24/h1-14H,(H,25,27)/b13-12+. The minimum atomic E-state index is -0.562. The Morgan fingerprint density at radius 2 is 1.59 bits per heavy atom. The molecule has 0 saturated carbocycles. The van der Waals surface area contributed by atoms with Crippen molar-refractivity contribution in [2.24, 2.45) is 0 Å². The van der Waals surface area contributed by atoms with Crippen LogP contribution in [-0.4, -0.2) is 11.7 Å². The molecule has 0 radical (unpaired) electrons. The third kappa shape index (κ3) is 4.68. The molecule has 134 valence electrons. The van der Waals surface area contributed by atoms with Crippen LogP contribution in [-0.2, 0) is 0 Å². The third-order valence-corrected chi connectivity index (χ3v) is 4.16. The van der Waals surface area contributed by atoms with Crippen molar-refractivity contribution in [1.29, 1.82) is 0 Å². The minimum absolute atomic E-state index is 0.0110. The number of hydrogen-bond acceptors (Lipinski definition) is 2. The van der Waals surface area contributed by atoms with E-state index in [9.17, 15) is 14.0 Å². The number of benzene rings is 3. The van der Waals surface area contributed by atoms with E-state index in [4.69, 9.17) is 11.6 Å². The number of rotatable bonds is 5. The summed E-state index contributed by atoms with van der Waals surface area (Å²) >= 11 is 6.03. The molecule has 3 aromatic carbocycles. The summed E-state index contributed by atoms with van der Waals surface area (Å²) in [5.41, 5.74) is 1.63. The zero-order chi connectivity index (χ0) is 19.2. The number of nitrogens with one attached hydrogen (secondary N) is 1. The van der Waals surface area contributed by atoms with Gasteiger partial charge in [-0.1, -0.05) is 54.1 Å². The van der Waals surface area contributed by atoms with Crippen molar-refractivity contribution in [2.75, 3.05) is 5.32 Å². The summed E-state index contributed by atoms with van der Waals surface area (Å²) in [5.74, 6) is -1.32. The van der Waals surface area contributed by atoms with Gasteiger partial charge in [-0.25, -0.2) is 4.39 Å². The van der Waals surface area contributed by atoms with Crippen LogP contribution in [0.3, 0.4) is 0 Å². The van der Waals surface area contributed by atoms with Gasteiger partial charge in [-0.15, -0.1) is 0 Å². The Labute approximate surface area is 161 Å². The van der Waals surface area contributed by atoms with Gasteiger partial charge in [-0.3, -0.25) is 9.59 Å². The van der Waals surface area contributed by atoms with Gasteiger partial charge in [0, 0.05) is 5.69 Å². The molecule has 0 aliphatic rings. The molecule has 3 rings (SSSR count). The number of allylic oxidation sites excluding steroid dienone is 1. The van der Waals surface area contributed by atoms with Crippen molar-refractivity contribution in [3.05, 3.63) is 106 Å². The maximum atomic E-state index is 13.7. The number of anilines is 1. The fraction of sp³-hybridized carbons (Fsp3) is 0. The lowest BCUT2D eigenvalue weighted by Gasteiger charge is -2.07. The topological polar surface area (TPSA) is 46.2 Å². The van der Waals surface area contributed by atoms with Crippen LogP contribution >= 0.6 is 11.6 Å². The van der Waals surface area contributed by atoms with Crippen molar-refractivity contribution >= 4 is 35.1 Å². The molecule has 0 heterocycles. The lowest BCUT2D eigenvalue weighted by molar-refractivity contribution is 0.102. The van der Waals surface area contributed by atoms with Gasteiger partial charge in [0.25, 0.3) is 5.91 Å². The van der Waals surface area contributed by atoms with E-state index in [0.29, 0.717) is 21.8 Å². The monoisotopic (exact) mass is 379 g/mol. The normalized spacial score (nSPS) is 10.7. The highest BCUT2D eigenvalue weighted by molar-refractivity contribution is 6.34. The first kappa shape index (κ1) is 18.5. The second kappa shape index (κ2) is 8.43. The minimum Gasteiger partial charge on any atom is -0.322 e. The largest absolute Gasteiger partial charge is 0.322 e. The molecule has 3 aromatic rings. The molecule has 3 nitrogen and oxygen atoms in total. The molecule has 5 heteroatoms. The Kier molecular flexibility index (Phi) is 5.79. The molecule has 0 unspecified atom stereocenters. The fourth-order valence-electron chi connectivity index (χ4n) is 2.49. The number of ketones is 1. The van der Waals surface area contributed by atoms with Gasteiger partial charge >= 0.3 is 0 Å². The zero-order valence-corrected chi connectivity index (χ0v) is 14.9. The Bertz CT molecular complexity index is 1030. The SMILES string of the molecule is O=C(/C=C/c1cccc(NC(=O)c2ccccc2Cl)c1)c1ccccc1F. The van der Waals surface area contributed by atoms with Crippen LogP contribution in [0, 0.1) is 5.82 Å². The van der Waals surface area contributed by atoms with E-state index in [1.54, 1.807) is 60.7 Å². The Morgan fingerprint density at radius 1 is 0.889 bits per heavy atom. The lowest BCUT2D eigenvalue weighted by atomic mass is 10.1. The lowest BCUT2D eigenvalue weighted by Crippen LogP contribution is -2.12. The molecule has 0 aromatic heterocycles. The van der Waals surface area contributed by atoms with E-state index in [0.717, 1.165) is 0 Å². The number of halogens is 2. The van der Waals surface area contributed by atoms with E-state index >= 15 is 0 Å². The summed E-state index contributed by atoms with van der Waals surface area (Å²) in [6.07, 6.45) is 2.87. The van der Waals surface area contributed by atoms with Crippen LogP contribution in [0.1, 0.15) is 26.3 Å². The summed E-state index contributed by atoms with van der Waals surface area (Å²) in [7, 11) is 0. The number of amides is 1. The molecule has 0 aliphatic heterocycles. The van der Waals surface area contributed by atoms with Crippen molar-refractivity contribution in [3.8, 4) is 0 Å². The third-order valence-electron chi connectivity index (χ3n) is 3.83. The second-order valence-electron chi connectivity index (χ2n) is 5.74. The second-order valence-corrected chi connectivity index (χ2v) is 6.14. The van der Waals surface area contributed by atoms with Crippen LogP contribution in [0.25, 0.3) is 6.08 Å². The summed E-state index contributed by atoms with van der Waals surface area (Å²) in [6.45, 7) is 0. The maximum Gasteiger partial charge on any atom is 0.257 e. The average molecular weight is 380 g/mol. The van der Waals surface area contributed by atoms with Crippen LogP contribution < -0.4 is 5.32 Å². The van der Waals surface area contributed by atoms with Gasteiger partial charge in [0.1, 0.15) is 5.82 Å². The smallest absolute Gasteiger partial charge is 0.257 e. The summed E-state index contributed by atoms with van der Waals surface area (Å²) < 4.78 is 13.7. The zero-order valence-electron chi connectivity index (χ0n) is 14.2. The highest BCUT2D eigenvalue weighted by Gasteiger charge is 2.10. The molecular weight excluding hydrogens is 365 g/mol. The quantitative estimate of drug-likeness (QED) is 0.461.